The summed E-state index contributed by atoms with van der Waals surface area (Å²) in [5, 5.41) is 3.38. The van der Waals surface area contributed by atoms with E-state index in [1.165, 1.54) is 22.9 Å². The average molecular weight is 323 g/mol. The number of benzene rings is 1. The second-order valence-electron chi connectivity index (χ2n) is 5.25. The third kappa shape index (κ3) is 4.60. The van der Waals surface area contributed by atoms with E-state index in [1.54, 1.807) is 0 Å². The number of thiol groups is 1. The molecule has 1 N–H and O–H groups in total. The molecular formula is C14H20F3NS2. The Morgan fingerprint density at radius 1 is 1.20 bits per heavy atom. The lowest BCUT2D eigenvalue weighted by Crippen LogP contribution is -2.43. The molecule has 0 fully saturated rings. The lowest BCUT2D eigenvalue weighted by Gasteiger charge is -2.34. The standard InChI is InChI=1S/C14H20F3NS2/c1-4-9-18-13(2,3)12(20-19)10-5-7-11(8-6-10)14(15,16)17/h5-8,12,18-19H,4,9H2,1-3H3. The quantitative estimate of drug-likeness (QED) is 0.558. The first-order chi connectivity index (χ1) is 9.22. The van der Waals surface area contributed by atoms with E-state index in [1.807, 2.05) is 13.8 Å². The van der Waals surface area contributed by atoms with Gasteiger partial charge in [-0.05, 0) is 44.5 Å². The van der Waals surface area contributed by atoms with Gasteiger partial charge in [-0.2, -0.15) is 13.2 Å². The fraction of sp³-hybridized carbons (Fsp3) is 0.571. The highest BCUT2D eigenvalue weighted by atomic mass is 33.1. The smallest absolute Gasteiger partial charge is 0.310 e. The Bertz CT molecular complexity index is 415. The zero-order chi connectivity index (χ0) is 15.4. The van der Waals surface area contributed by atoms with Crippen molar-refractivity contribution in [2.75, 3.05) is 6.54 Å². The topological polar surface area (TPSA) is 12.0 Å². The summed E-state index contributed by atoms with van der Waals surface area (Å²) in [6.45, 7) is 7.00. The monoisotopic (exact) mass is 323 g/mol. The molecule has 0 bridgehead atoms. The Labute approximate surface area is 127 Å². The van der Waals surface area contributed by atoms with E-state index in [4.69, 9.17) is 0 Å². The third-order valence-corrected chi connectivity index (χ3v) is 4.84. The predicted molar refractivity (Wildman–Crippen MR) is 83.1 cm³/mol. The minimum absolute atomic E-state index is 0.0281. The van der Waals surface area contributed by atoms with Crippen molar-refractivity contribution in [3.63, 3.8) is 0 Å². The summed E-state index contributed by atoms with van der Waals surface area (Å²) in [6, 6.07) is 5.32. The van der Waals surface area contributed by atoms with Crippen LogP contribution in [0.2, 0.25) is 0 Å². The number of nitrogens with one attached hydrogen (secondary N) is 1. The fourth-order valence-corrected chi connectivity index (χ4v) is 3.78. The number of hydrogen-bond donors (Lipinski definition) is 2. The van der Waals surface area contributed by atoms with Gasteiger partial charge in [-0.3, -0.25) is 0 Å². The van der Waals surface area contributed by atoms with Crippen LogP contribution in [0.25, 0.3) is 0 Å². The predicted octanol–water partition coefficient (Wildman–Crippen LogP) is 5.10. The van der Waals surface area contributed by atoms with Crippen molar-refractivity contribution in [3.8, 4) is 0 Å². The molecule has 0 aromatic heterocycles. The summed E-state index contributed by atoms with van der Waals surface area (Å²) >= 11 is 4.28. The van der Waals surface area contributed by atoms with Gasteiger partial charge in [0, 0.05) is 5.54 Å². The molecule has 0 heterocycles. The SMILES string of the molecule is CCCNC(C)(C)C(SS)c1ccc(C(F)(F)F)cc1. The molecule has 0 saturated carbocycles. The first-order valence-corrected chi connectivity index (χ1v) is 8.38. The van der Waals surface area contributed by atoms with Gasteiger partial charge in [-0.15, -0.1) is 11.7 Å². The van der Waals surface area contributed by atoms with Gasteiger partial charge < -0.3 is 5.32 Å². The molecular weight excluding hydrogens is 303 g/mol. The molecule has 0 aliphatic rings. The Kier molecular flexibility index (Phi) is 6.28. The van der Waals surface area contributed by atoms with Crippen LogP contribution in [0.15, 0.2) is 24.3 Å². The van der Waals surface area contributed by atoms with E-state index < -0.39 is 11.7 Å². The molecule has 0 saturated heterocycles. The zero-order valence-corrected chi connectivity index (χ0v) is 13.5. The molecule has 20 heavy (non-hydrogen) atoms. The fourth-order valence-electron chi connectivity index (χ4n) is 2.00. The summed E-state index contributed by atoms with van der Waals surface area (Å²) in [5.41, 5.74) is -0.0302. The molecule has 0 aliphatic heterocycles. The van der Waals surface area contributed by atoms with E-state index in [-0.39, 0.29) is 10.8 Å². The van der Waals surface area contributed by atoms with Crippen LogP contribution in [0.4, 0.5) is 13.2 Å². The van der Waals surface area contributed by atoms with E-state index >= 15 is 0 Å². The normalized spacial score (nSPS) is 14.3. The van der Waals surface area contributed by atoms with Crippen molar-refractivity contribution in [1.29, 1.82) is 0 Å². The average Bonchev–Trinajstić information content (AvgIpc) is 2.36. The van der Waals surface area contributed by atoms with Crippen molar-refractivity contribution in [2.45, 2.75) is 44.2 Å². The van der Waals surface area contributed by atoms with Crippen LogP contribution >= 0.6 is 22.5 Å². The molecule has 114 valence electrons. The van der Waals surface area contributed by atoms with Gasteiger partial charge in [0.15, 0.2) is 0 Å². The molecule has 1 atom stereocenters. The molecule has 1 nitrogen and oxygen atoms in total. The van der Waals surface area contributed by atoms with E-state index in [2.05, 4.69) is 23.9 Å². The van der Waals surface area contributed by atoms with Crippen LogP contribution in [0.1, 0.15) is 43.6 Å². The molecule has 0 amide bonds. The first kappa shape index (κ1) is 17.7. The minimum atomic E-state index is -4.29. The van der Waals surface area contributed by atoms with Crippen molar-refractivity contribution < 1.29 is 13.2 Å². The maximum absolute atomic E-state index is 12.6. The molecule has 1 aromatic carbocycles. The number of rotatable bonds is 6. The van der Waals surface area contributed by atoms with Gasteiger partial charge >= 0.3 is 6.18 Å². The van der Waals surface area contributed by atoms with Crippen molar-refractivity contribution in [2.24, 2.45) is 0 Å². The molecule has 0 spiro atoms. The summed E-state index contributed by atoms with van der Waals surface area (Å²) in [6.07, 6.45) is -3.29. The van der Waals surface area contributed by atoms with Gasteiger partial charge in [0.1, 0.15) is 0 Å². The summed E-state index contributed by atoms with van der Waals surface area (Å²) in [5.74, 6) is 0. The molecule has 6 heteroatoms. The van der Waals surface area contributed by atoms with E-state index in [9.17, 15) is 13.2 Å². The summed E-state index contributed by atoms with van der Waals surface area (Å²) in [7, 11) is 1.34. The molecule has 0 aliphatic carbocycles. The highest BCUT2D eigenvalue weighted by molar-refractivity contribution is 8.68. The van der Waals surface area contributed by atoms with Crippen LogP contribution < -0.4 is 5.32 Å². The van der Waals surface area contributed by atoms with Crippen molar-refractivity contribution in [1.82, 2.24) is 5.32 Å². The lowest BCUT2D eigenvalue weighted by atomic mass is 9.93. The highest BCUT2D eigenvalue weighted by Crippen LogP contribution is 2.41. The second kappa shape index (κ2) is 7.09. The Morgan fingerprint density at radius 2 is 1.75 bits per heavy atom. The Hall–Kier alpha value is -0.330. The number of halogens is 3. The Morgan fingerprint density at radius 3 is 2.15 bits per heavy atom. The highest BCUT2D eigenvalue weighted by Gasteiger charge is 2.33. The van der Waals surface area contributed by atoms with Gasteiger partial charge in [0.25, 0.3) is 0 Å². The van der Waals surface area contributed by atoms with Crippen LogP contribution in [-0.4, -0.2) is 12.1 Å². The minimum Gasteiger partial charge on any atom is -0.310 e. The van der Waals surface area contributed by atoms with Crippen LogP contribution in [-0.2, 0) is 6.18 Å². The third-order valence-electron chi connectivity index (χ3n) is 3.13. The van der Waals surface area contributed by atoms with E-state index in [0.717, 1.165) is 30.7 Å². The Balaban J connectivity index is 2.95. The lowest BCUT2D eigenvalue weighted by molar-refractivity contribution is -0.137. The van der Waals surface area contributed by atoms with Crippen LogP contribution in [0.5, 0.6) is 0 Å². The van der Waals surface area contributed by atoms with E-state index in [0.29, 0.717) is 0 Å². The maximum atomic E-state index is 12.6. The first-order valence-electron chi connectivity index (χ1n) is 6.44. The largest absolute Gasteiger partial charge is 0.416 e. The number of alkyl halides is 3. The summed E-state index contributed by atoms with van der Waals surface area (Å²) in [4.78, 5) is 0. The van der Waals surface area contributed by atoms with Crippen LogP contribution in [0.3, 0.4) is 0 Å². The van der Waals surface area contributed by atoms with Gasteiger partial charge in [-0.1, -0.05) is 29.9 Å². The zero-order valence-electron chi connectivity index (χ0n) is 11.8. The second-order valence-corrected chi connectivity index (χ2v) is 6.57. The maximum Gasteiger partial charge on any atom is 0.416 e. The molecule has 1 unspecified atom stereocenters. The summed E-state index contributed by atoms with van der Waals surface area (Å²) < 4.78 is 37.7. The molecule has 1 aromatic rings. The van der Waals surface area contributed by atoms with Gasteiger partial charge in [0.05, 0.1) is 10.8 Å². The van der Waals surface area contributed by atoms with Crippen LogP contribution in [0, 0.1) is 0 Å². The molecule has 0 radical (unpaired) electrons. The van der Waals surface area contributed by atoms with Gasteiger partial charge in [0.2, 0.25) is 0 Å². The van der Waals surface area contributed by atoms with Crippen molar-refractivity contribution >= 4 is 22.5 Å². The number of hydrogen-bond acceptors (Lipinski definition) is 3. The molecule has 1 rings (SSSR count). The van der Waals surface area contributed by atoms with Gasteiger partial charge in [-0.25, -0.2) is 0 Å². The van der Waals surface area contributed by atoms with Crippen molar-refractivity contribution in [3.05, 3.63) is 35.4 Å².